The number of aryl methyl sites for hydroxylation is 1. The number of amides is 1. The van der Waals surface area contributed by atoms with Crippen LogP contribution in [0, 0.1) is 6.92 Å². The van der Waals surface area contributed by atoms with E-state index in [0.29, 0.717) is 5.69 Å². The van der Waals surface area contributed by atoms with E-state index in [1.54, 1.807) is 19.1 Å². The molecule has 1 aliphatic carbocycles. The summed E-state index contributed by atoms with van der Waals surface area (Å²) in [6.45, 7) is 3.75. The van der Waals surface area contributed by atoms with Crippen LogP contribution in [0.15, 0.2) is 38.4 Å². The minimum absolute atomic E-state index is 0.0896. The smallest absolute Gasteiger partial charge is 0.345 e. The van der Waals surface area contributed by atoms with Crippen LogP contribution in [0.1, 0.15) is 48.9 Å². The summed E-state index contributed by atoms with van der Waals surface area (Å²) in [5.74, 6) is -0.864. The highest BCUT2D eigenvalue weighted by atomic mass is 16.5. The SMILES string of the molecule is CCn1c(=O)c(-c2noc(C(=O)NC3CCCC3)n2)nn(-c2ccc(C)cc2)c1=O. The third kappa shape index (κ3) is 3.68. The van der Waals surface area contributed by atoms with Gasteiger partial charge in [0.2, 0.25) is 5.82 Å². The Bertz CT molecular complexity index is 1190. The molecule has 0 saturated heterocycles. The molecule has 0 atom stereocenters. The lowest BCUT2D eigenvalue weighted by Gasteiger charge is -2.09. The second-order valence-electron chi connectivity index (χ2n) is 7.31. The molecular formula is C20H22N6O4. The van der Waals surface area contributed by atoms with Crippen LogP contribution in [-0.4, -0.2) is 36.4 Å². The lowest BCUT2D eigenvalue weighted by Crippen LogP contribution is -2.41. The number of nitrogens with zero attached hydrogens (tertiary/aromatic N) is 5. The van der Waals surface area contributed by atoms with Gasteiger partial charge >= 0.3 is 17.5 Å². The van der Waals surface area contributed by atoms with Gasteiger partial charge in [0.05, 0.1) is 5.69 Å². The molecule has 0 radical (unpaired) electrons. The van der Waals surface area contributed by atoms with E-state index >= 15 is 0 Å². The first-order valence-electron chi connectivity index (χ1n) is 9.94. The Morgan fingerprint density at radius 3 is 2.57 bits per heavy atom. The molecule has 0 aliphatic heterocycles. The van der Waals surface area contributed by atoms with Gasteiger partial charge < -0.3 is 9.84 Å². The van der Waals surface area contributed by atoms with Crippen LogP contribution in [0.25, 0.3) is 17.2 Å². The van der Waals surface area contributed by atoms with E-state index in [0.717, 1.165) is 40.5 Å². The number of benzene rings is 1. The fourth-order valence-electron chi connectivity index (χ4n) is 3.52. The fraction of sp³-hybridized carbons (Fsp3) is 0.400. The molecule has 1 N–H and O–H groups in total. The number of nitrogens with one attached hydrogen (secondary N) is 1. The molecule has 0 unspecified atom stereocenters. The van der Waals surface area contributed by atoms with Crippen LogP contribution >= 0.6 is 0 Å². The maximum Gasteiger partial charge on any atom is 0.352 e. The average Bonchev–Trinajstić information content (AvgIpc) is 3.42. The molecule has 156 valence electrons. The topological polar surface area (TPSA) is 125 Å². The Hall–Kier alpha value is -3.56. The van der Waals surface area contributed by atoms with Crippen LogP contribution < -0.4 is 16.6 Å². The zero-order valence-corrected chi connectivity index (χ0v) is 16.8. The van der Waals surface area contributed by atoms with Crippen LogP contribution in [0.4, 0.5) is 0 Å². The second kappa shape index (κ2) is 8.05. The van der Waals surface area contributed by atoms with Gasteiger partial charge in [0.15, 0.2) is 5.69 Å². The summed E-state index contributed by atoms with van der Waals surface area (Å²) in [6, 6.07) is 7.23. The number of rotatable bonds is 5. The first-order valence-corrected chi connectivity index (χ1v) is 9.94. The van der Waals surface area contributed by atoms with Gasteiger partial charge in [0.25, 0.3) is 5.56 Å². The number of aromatic nitrogens is 5. The third-order valence-corrected chi connectivity index (χ3v) is 5.18. The molecule has 1 saturated carbocycles. The van der Waals surface area contributed by atoms with Gasteiger partial charge in [0, 0.05) is 12.6 Å². The lowest BCUT2D eigenvalue weighted by molar-refractivity contribution is 0.0893. The zero-order chi connectivity index (χ0) is 21.3. The van der Waals surface area contributed by atoms with E-state index in [2.05, 4.69) is 20.6 Å². The van der Waals surface area contributed by atoms with E-state index in [9.17, 15) is 14.4 Å². The quantitative estimate of drug-likeness (QED) is 0.675. The van der Waals surface area contributed by atoms with Crippen molar-refractivity contribution in [2.45, 2.75) is 52.1 Å². The number of carbonyl (C=O) groups excluding carboxylic acids is 1. The molecule has 1 aliphatic rings. The van der Waals surface area contributed by atoms with E-state index < -0.39 is 17.2 Å². The summed E-state index contributed by atoms with van der Waals surface area (Å²) in [5.41, 5.74) is 0.136. The fourth-order valence-corrected chi connectivity index (χ4v) is 3.52. The van der Waals surface area contributed by atoms with Crippen molar-refractivity contribution in [1.29, 1.82) is 0 Å². The molecule has 1 aromatic carbocycles. The lowest BCUT2D eigenvalue weighted by atomic mass is 10.2. The highest BCUT2D eigenvalue weighted by molar-refractivity contribution is 5.90. The number of carbonyl (C=O) groups is 1. The van der Waals surface area contributed by atoms with Gasteiger partial charge in [-0.25, -0.2) is 4.79 Å². The largest absolute Gasteiger partial charge is 0.352 e. The Kier molecular flexibility index (Phi) is 5.30. The monoisotopic (exact) mass is 410 g/mol. The molecule has 2 heterocycles. The standard InChI is InChI=1S/C20H22N6O4/c1-3-25-19(28)15(23-26(20(25)29)14-10-8-12(2)9-11-14)16-22-18(30-24-16)17(27)21-13-6-4-5-7-13/h8-11,13H,3-7H2,1-2H3,(H,21,27). The average molecular weight is 410 g/mol. The Morgan fingerprint density at radius 2 is 1.90 bits per heavy atom. The van der Waals surface area contributed by atoms with Gasteiger partial charge in [-0.05, 0) is 38.8 Å². The highest BCUT2D eigenvalue weighted by Gasteiger charge is 2.24. The van der Waals surface area contributed by atoms with Crippen molar-refractivity contribution in [3.05, 3.63) is 56.6 Å². The highest BCUT2D eigenvalue weighted by Crippen LogP contribution is 2.18. The third-order valence-electron chi connectivity index (χ3n) is 5.18. The number of hydrogen-bond donors (Lipinski definition) is 1. The molecular weight excluding hydrogens is 388 g/mol. The van der Waals surface area contributed by atoms with Crippen molar-refractivity contribution in [3.63, 3.8) is 0 Å². The van der Waals surface area contributed by atoms with Gasteiger partial charge in [-0.1, -0.05) is 35.7 Å². The van der Waals surface area contributed by atoms with Gasteiger partial charge in [0.1, 0.15) is 0 Å². The zero-order valence-electron chi connectivity index (χ0n) is 16.8. The molecule has 4 rings (SSSR count). The van der Waals surface area contributed by atoms with Crippen molar-refractivity contribution in [1.82, 2.24) is 29.8 Å². The summed E-state index contributed by atoms with van der Waals surface area (Å²) in [7, 11) is 0. The Morgan fingerprint density at radius 1 is 1.20 bits per heavy atom. The predicted octanol–water partition coefficient (Wildman–Crippen LogP) is 1.44. The molecule has 1 amide bonds. The van der Waals surface area contributed by atoms with Crippen LogP contribution in [0.5, 0.6) is 0 Å². The molecule has 0 bridgehead atoms. The summed E-state index contributed by atoms with van der Waals surface area (Å²) in [4.78, 5) is 41.9. The molecule has 30 heavy (non-hydrogen) atoms. The molecule has 3 aromatic rings. The maximum absolute atomic E-state index is 12.8. The molecule has 10 nitrogen and oxygen atoms in total. The van der Waals surface area contributed by atoms with Gasteiger partial charge in [-0.3, -0.25) is 14.2 Å². The van der Waals surface area contributed by atoms with Crippen molar-refractivity contribution in [2.24, 2.45) is 0 Å². The number of hydrogen-bond acceptors (Lipinski definition) is 7. The molecule has 2 aromatic heterocycles. The molecule has 1 fully saturated rings. The van der Waals surface area contributed by atoms with E-state index in [-0.39, 0.29) is 30.0 Å². The van der Waals surface area contributed by atoms with Crippen molar-refractivity contribution in [2.75, 3.05) is 0 Å². The van der Waals surface area contributed by atoms with Crippen LogP contribution in [0.3, 0.4) is 0 Å². The van der Waals surface area contributed by atoms with Crippen LogP contribution in [-0.2, 0) is 6.54 Å². The predicted molar refractivity (Wildman–Crippen MR) is 108 cm³/mol. The first-order chi connectivity index (χ1) is 14.5. The van der Waals surface area contributed by atoms with Crippen molar-refractivity contribution >= 4 is 5.91 Å². The first kappa shape index (κ1) is 19.7. The molecule has 0 spiro atoms. The summed E-state index contributed by atoms with van der Waals surface area (Å²) < 4.78 is 7.22. The van der Waals surface area contributed by atoms with Crippen molar-refractivity contribution < 1.29 is 9.32 Å². The Labute approximate surface area is 171 Å². The van der Waals surface area contributed by atoms with E-state index in [1.807, 2.05) is 19.1 Å². The minimum Gasteiger partial charge on any atom is -0.345 e. The normalized spacial score (nSPS) is 14.2. The maximum atomic E-state index is 12.8. The van der Waals surface area contributed by atoms with Gasteiger partial charge in [-0.15, -0.1) is 0 Å². The van der Waals surface area contributed by atoms with E-state index in [4.69, 9.17) is 4.52 Å². The summed E-state index contributed by atoms with van der Waals surface area (Å²) in [6.07, 6.45) is 3.97. The van der Waals surface area contributed by atoms with Crippen LogP contribution in [0.2, 0.25) is 0 Å². The van der Waals surface area contributed by atoms with Crippen molar-refractivity contribution in [3.8, 4) is 17.2 Å². The molecule has 10 heteroatoms. The summed E-state index contributed by atoms with van der Waals surface area (Å²) >= 11 is 0. The Balaban J connectivity index is 1.73. The van der Waals surface area contributed by atoms with E-state index in [1.165, 1.54) is 0 Å². The second-order valence-corrected chi connectivity index (χ2v) is 7.31. The summed E-state index contributed by atoms with van der Waals surface area (Å²) in [5, 5.41) is 10.8. The minimum atomic E-state index is -0.644. The van der Waals surface area contributed by atoms with Gasteiger partial charge in [-0.2, -0.15) is 14.8 Å².